The number of aryl methyl sites for hydroxylation is 1. The van der Waals surface area contributed by atoms with Crippen LogP contribution in [0.15, 0.2) is 53.1 Å². The normalized spacial score (nSPS) is 12.9. The molecule has 1 amide bonds. The van der Waals surface area contributed by atoms with Crippen LogP contribution in [0.1, 0.15) is 28.8 Å². The number of benzene rings is 2. The van der Waals surface area contributed by atoms with Gasteiger partial charge in [0.15, 0.2) is 5.82 Å². The number of ether oxygens (including phenoxy) is 1. The summed E-state index contributed by atoms with van der Waals surface area (Å²) in [5.41, 5.74) is 1.69. The number of amides is 1. The summed E-state index contributed by atoms with van der Waals surface area (Å²) < 4.78 is 10.9. The second-order valence-electron chi connectivity index (χ2n) is 5.56. The summed E-state index contributed by atoms with van der Waals surface area (Å²) in [5, 5.41) is 6.59. The van der Waals surface area contributed by atoms with Crippen molar-refractivity contribution in [2.75, 3.05) is 0 Å². The van der Waals surface area contributed by atoms with Crippen LogP contribution in [0.4, 0.5) is 0 Å². The molecule has 0 radical (unpaired) electrons. The number of carbonyl (C=O) groups is 1. The Balaban J connectivity index is 1.65. The number of hydrogen-bond acceptors (Lipinski definition) is 5. The van der Waals surface area contributed by atoms with Crippen molar-refractivity contribution in [2.24, 2.45) is 0 Å². The molecule has 6 heteroatoms. The Bertz CT molecular complexity index is 858. The van der Waals surface area contributed by atoms with E-state index in [1.807, 2.05) is 48.5 Å². The average Bonchev–Trinajstić information content (AvgIpc) is 3.03. The van der Waals surface area contributed by atoms with Crippen LogP contribution in [0, 0.1) is 6.92 Å². The average molecular weight is 321 g/mol. The number of nitrogens with zero attached hydrogens (tertiary/aromatic N) is 2. The third-order valence-electron chi connectivity index (χ3n) is 3.93. The Morgan fingerprint density at radius 2 is 1.71 bits per heavy atom. The zero-order chi connectivity index (χ0) is 16.5. The van der Waals surface area contributed by atoms with Crippen molar-refractivity contribution in [3.63, 3.8) is 0 Å². The van der Waals surface area contributed by atoms with Gasteiger partial charge in [-0.2, -0.15) is 4.98 Å². The lowest BCUT2D eigenvalue weighted by molar-refractivity contribution is -0.122. The maximum atomic E-state index is 12.8. The van der Waals surface area contributed by atoms with Gasteiger partial charge in [-0.15, -0.1) is 0 Å². The van der Waals surface area contributed by atoms with Gasteiger partial charge in [-0.25, -0.2) is 0 Å². The molecule has 0 unspecified atom stereocenters. The Hall–Kier alpha value is -3.15. The number of carbonyl (C=O) groups excluding carboxylic acids is 1. The van der Waals surface area contributed by atoms with Crippen molar-refractivity contribution in [3.05, 3.63) is 71.4 Å². The highest BCUT2D eigenvalue weighted by Crippen LogP contribution is 2.43. The maximum Gasteiger partial charge on any atom is 0.246 e. The quantitative estimate of drug-likeness (QED) is 0.802. The minimum Gasteiger partial charge on any atom is -0.457 e. The molecule has 1 aliphatic heterocycles. The van der Waals surface area contributed by atoms with Gasteiger partial charge in [0.1, 0.15) is 11.5 Å². The van der Waals surface area contributed by atoms with Crippen LogP contribution in [0.25, 0.3) is 0 Å². The molecule has 1 N–H and O–H groups in total. The predicted molar refractivity (Wildman–Crippen MR) is 85.7 cm³/mol. The van der Waals surface area contributed by atoms with Crippen molar-refractivity contribution in [2.45, 2.75) is 19.4 Å². The van der Waals surface area contributed by atoms with Gasteiger partial charge in [-0.3, -0.25) is 4.79 Å². The first-order valence-corrected chi connectivity index (χ1v) is 7.65. The van der Waals surface area contributed by atoms with Gasteiger partial charge in [-0.1, -0.05) is 41.6 Å². The third kappa shape index (κ3) is 2.52. The molecule has 4 rings (SSSR count). The van der Waals surface area contributed by atoms with E-state index in [0.717, 1.165) is 11.1 Å². The van der Waals surface area contributed by atoms with E-state index in [1.165, 1.54) is 0 Å². The van der Waals surface area contributed by atoms with Crippen LogP contribution >= 0.6 is 0 Å². The molecule has 0 saturated carbocycles. The highest BCUT2D eigenvalue weighted by atomic mass is 16.5. The topological polar surface area (TPSA) is 77.2 Å². The van der Waals surface area contributed by atoms with Gasteiger partial charge >= 0.3 is 0 Å². The minimum absolute atomic E-state index is 0.131. The fourth-order valence-corrected chi connectivity index (χ4v) is 2.87. The maximum absolute atomic E-state index is 12.8. The Labute approximate surface area is 138 Å². The summed E-state index contributed by atoms with van der Waals surface area (Å²) in [4.78, 5) is 16.9. The summed E-state index contributed by atoms with van der Waals surface area (Å²) in [6.45, 7) is 1.93. The Kier molecular flexibility index (Phi) is 3.49. The van der Waals surface area contributed by atoms with Crippen LogP contribution in [-0.4, -0.2) is 16.0 Å². The summed E-state index contributed by atoms with van der Waals surface area (Å²) in [6.07, 6.45) is 0. The summed E-state index contributed by atoms with van der Waals surface area (Å²) >= 11 is 0. The summed E-state index contributed by atoms with van der Waals surface area (Å²) in [6, 6.07) is 15.1. The molecule has 2 heterocycles. The lowest BCUT2D eigenvalue weighted by Gasteiger charge is -2.27. The van der Waals surface area contributed by atoms with Gasteiger partial charge in [-0.05, 0) is 19.1 Å². The van der Waals surface area contributed by atoms with Crippen LogP contribution < -0.4 is 10.1 Å². The van der Waals surface area contributed by atoms with Gasteiger partial charge in [0.25, 0.3) is 0 Å². The van der Waals surface area contributed by atoms with E-state index >= 15 is 0 Å². The Morgan fingerprint density at radius 1 is 1.08 bits per heavy atom. The molecule has 0 aliphatic carbocycles. The van der Waals surface area contributed by atoms with E-state index in [0.29, 0.717) is 23.2 Å². The van der Waals surface area contributed by atoms with E-state index in [9.17, 15) is 4.79 Å². The molecule has 0 bridgehead atoms. The molecule has 2 aromatic carbocycles. The van der Waals surface area contributed by atoms with Gasteiger partial charge in [0, 0.05) is 11.1 Å². The van der Waals surface area contributed by atoms with E-state index < -0.39 is 5.92 Å². The van der Waals surface area contributed by atoms with Gasteiger partial charge in [0.2, 0.25) is 11.8 Å². The lowest BCUT2D eigenvalue weighted by Crippen LogP contribution is -2.31. The first-order valence-electron chi connectivity index (χ1n) is 7.65. The van der Waals surface area contributed by atoms with Crippen molar-refractivity contribution >= 4 is 5.91 Å². The van der Waals surface area contributed by atoms with Crippen LogP contribution in [0.5, 0.6) is 11.5 Å². The van der Waals surface area contributed by atoms with Crippen LogP contribution in [0.2, 0.25) is 0 Å². The fraction of sp³-hybridized carbons (Fsp3) is 0.167. The van der Waals surface area contributed by atoms with Gasteiger partial charge in [0.05, 0.1) is 12.5 Å². The molecule has 0 spiro atoms. The molecule has 0 fully saturated rings. The SMILES string of the molecule is Cc1noc(CNC(=O)C2c3ccccc3Oc3ccccc32)n1. The highest BCUT2D eigenvalue weighted by molar-refractivity contribution is 5.89. The fourth-order valence-electron chi connectivity index (χ4n) is 2.87. The molecule has 1 aliphatic rings. The zero-order valence-electron chi connectivity index (χ0n) is 13.0. The molecule has 120 valence electrons. The molecular formula is C18H15N3O3. The number of hydrogen-bond donors (Lipinski definition) is 1. The largest absolute Gasteiger partial charge is 0.457 e. The zero-order valence-corrected chi connectivity index (χ0v) is 13.0. The van der Waals surface area contributed by atoms with Crippen molar-refractivity contribution in [3.8, 4) is 11.5 Å². The van der Waals surface area contributed by atoms with E-state index in [2.05, 4.69) is 15.5 Å². The second kappa shape index (κ2) is 5.81. The van der Waals surface area contributed by atoms with Crippen molar-refractivity contribution in [1.82, 2.24) is 15.5 Å². The molecule has 1 aromatic heterocycles. The van der Waals surface area contributed by atoms with E-state index in [1.54, 1.807) is 6.92 Å². The number of nitrogens with one attached hydrogen (secondary N) is 1. The second-order valence-corrected chi connectivity index (χ2v) is 5.56. The van der Waals surface area contributed by atoms with Crippen LogP contribution in [-0.2, 0) is 11.3 Å². The number of para-hydroxylation sites is 2. The number of fused-ring (bicyclic) bond motifs is 2. The van der Waals surface area contributed by atoms with Gasteiger partial charge < -0.3 is 14.6 Å². The monoisotopic (exact) mass is 321 g/mol. The standard InChI is InChI=1S/C18H15N3O3/c1-11-20-16(24-21-11)10-19-18(22)17-12-6-2-4-8-14(12)23-15-9-5-3-7-13(15)17/h2-9,17H,10H2,1H3,(H,19,22). The molecule has 0 atom stereocenters. The van der Waals surface area contributed by atoms with Crippen LogP contribution in [0.3, 0.4) is 0 Å². The molecule has 24 heavy (non-hydrogen) atoms. The predicted octanol–water partition coefficient (Wildman–Crippen LogP) is 2.93. The molecule has 6 nitrogen and oxygen atoms in total. The Morgan fingerprint density at radius 3 is 2.29 bits per heavy atom. The molecule has 3 aromatic rings. The minimum atomic E-state index is -0.435. The summed E-state index contributed by atoms with van der Waals surface area (Å²) in [5.74, 6) is 1.76. The number of aromatic nitrogens is 2. The first kappa shape index (κ1) is 14.4. The smallest absolute Gasteiger partial charge is 0.246 e. The highest BCUT2D eigenvalue weighted by Gasteiger charge is 2.32. The molecule has 0 saturated heterocycles. The van der Waals surface area contributed by atoms with Crippen molar-refractivity contribution in [1.29, 1.82) is 0 Å². The summed E-state index contributed by atoms with van der Waals surface area (Å²) in [7, 11) is 0. The van der Waals surface area contributed by atoms with E-state index in [-0.39, 0.29) is 12.5 Å². The number of rotatable bonds is 3. The lowest BCUT2D eigenvalue weighted by atomic mass is 9.87. The third-order valence-corrected chi connectivity index (χ3v) is 3.93. The van der Waals surface area contributed by atoms with Crippen molar-refractivity contribution < 1.29 is 14.1 Å². The first-order chi connectivity index (χ1) is 11.7. The molecular weight excluding hydrogens is 306 g/mol. The van der Waals surface area contributed by atoms with E-state index in [4.69, 9.17) is 9.26 Å².